The van der Waals surface area contributed by atoms with Crippen LogP contribution in [-0.2, 0) is 9.47 Å². The van der Waals surface area contributed by atoms with Gasteiger partial charge in [0.1, 0.15) is 0 Å². The first kappa shape index (κ1) is 19.2. The molecule has 3 aliphatic rings. The maximum atomic E-state index is 9.98. The molecule has 2 saturated heterocycles. The van der Waals surface area contributed by atoms with Gasteiger partial charge in [-0.1, -0.05) is 0 Å². The Morgan fingerprint density at radius 2 is 1.94 bits per heavy atom. The van der Waals surface area contributed by atoms with Crippen LogP contribution < -0.4 is 5.32 Å². The summed E-state index contributed by atoms with van der Waals surface area (Å²) >= 11 is 0. The highest BCUT2D eigenvalue weighted by molar-refractivity contribution is 5.81. The highest BCUT2D eigenvalue weighted by Gasteiger charge is 2.34. The summed E-state index contributed by atoms with van der Waals surface area (Å²) in [5, 5.41) is 22.9. The molecule has 0 unspecified atom stereocenters. The van der Waals surface area contributed by atoms with Gasteiger partial charge in [-0.15, -0.1) is 5.10 Å². The number of aromatic nitrogens is 5. The first-order chi connectivity index (χ1) is 15.1. The maximum absolute atomic E-state index is 9.98. The zero-order chi connectivity index (χ0) is 21.0. The van der Waals surface area contributed by atoms with E-state index < -0.39 is 0 Å². The van der Waals surface area contributed by atoms with Crippen LogP contribution in [0.3, 0.4) is 0 Å². The van der Waals surface area contributed by atoms with Crippen molar-refractivity contribution in [3.05, 3.63) is 30.4 Å². The molecule has 3 aromatic rings. The Bertz CT molecular complexity index is 1090. The number of hydrogen-bond acceptors (Lipinski definition) is 7. The van der Waals surface area contributed by atoms with E-state index in [-0.39, 0.29) is 11.6 Å². The lowest BCUT2D eigenvalue weighted by molar-refractivity contribution is -0.0322. The quantitative estimate of drug-likeness (QED) is 0.649. The van der Waals surface area contributed by atoms with Gasteiger partial charge in [-0.3, -0.25) is 4.68 Å². The SMILES string of the molecule is CC1(Nc2ncc3c(-c4cnn(C5COC5)c4)cc(C4CCC(O)CC4)n3n2)COC1. The summed E-state index contributed by atoms with van der Waals surface area (Å²) in [7, 11) is 0. The molecule has 5 heterocycles. The molecule has 0 amide bonds. The molecule has 2 N–H and O–H groups in total. The molecule has 9 heteroatoms. The smallest absolute Gasteiger partial charge is 0.241 e. The summed E-state index contributed by atoms with van der Waals surface area (Å²) in [6, 6.07) is 2.56. The van der Waals surface area contributed by atoms with E-state index in [9.17, 15) is 5.11 Å². The summed E-state index contributed by atoms with van der Waals surface area (Å²) in [4.78, 5) is 4.61. The van der Waals surface area contributed by atoms with Crippen LogP contribution in [0.25, 0.3) is 16.6 Å². The Morgan fingerprint density at radius 3 is 2.61 bits per heavy atom. The second kappa shape index (κ2) is 7.29. The topological polar surface area (TPSA) is 98.7 Å². The van der Waals surface area contributed by atoms with Crippen LogP contribution in [0.2, 0.25) is 0 Å². The Balaban J connectivity index is 1.40. The zero-order valence-corrected chi connectivity index (χ0v) is 17.7. The van der Waals surface area contributed by atoms with Crippen molar-refractivity contribution in [1.82, 2.24) is 24.4 Å². The van der Waals surface area contributed by atoms with Crippen LogP contribution in [0.5, 0.6) is 0 Å². The number of aliphatic hydroxyl groups excluding tert-OH is 1. The molecule has 0 radical (unpaired) electrons. The van der Waals surface area contributed by atoms with Gasteiger partial charge in [0.2, 0.25) is 5.95 Å². The highest BCUT2D eigenvalue weighted by atomic mass is 16.5. The van der Waals surface area contributed by atoms with Gasteiger partial charge in [-0.05, 0) is 38.7 Å². The van der Waals surface area contributed by atoms with Gasteiger partial charge in [-0.25, -0.2) is 9.50 Å². The van der Waals surface area contributed by atoms with Crippen molar-refractivity contribution in [1.29, 1.82) is 0 Å². The van der Waals surface area contributed by atoms with Crippen LogP contribution in [0.1, 0.15) is 50.3 Å². The summed E-state index contributed by atoms with van der Waals surface area (Å²) in [5.74, 6) is 0.977. The van der Waals surface area contributed by atoms with Gasteiger partial charge in [0.25, 0.3) is 0 Å². The van der Waals surface area contributed by atoms with Crippen LogP contribution >= 0.6 is 0 Å². The minimum Gasteiger partial charge on any atom is -0.393 e. The minimum atomic E-state index is -0.185. The lowest BCUT2D eigenvalue weighted by Crippen LogP contribution is -2.53. The number of nitrogens with zero attached hydrogens (tertiary/aromatic N) is 5. The Morgan fingerprint density at radius 1 is 1.13 bits per heavy atom. The van der Waals surface area contributed by atoms with Gasteiger partial charge >= 0.3 is 0 Å². The average molecular weight is 425 g/mol. The van der Waals surface area contributed by atoms with E-state index in [1.54, 1.807) is 0 Å². The van der Waals surface area contributed by atoms with E-state index in [0.29, 0.717) is 44.3 Å². The number of nitrogens with one attached hydrogen (secondary N) is 1. The molecule has 0 aromatic carbocycles. The zero-order valence-electron chi connectivity index (χ0n) is 17.7. The molecule has 31 heavy (non-hydrogen) atoms. The molecular formula is C22H28N6O3. The van der Waals surface area contributed by atoms with E-state index in [1.807, 2.05) is 21.6 Å². The molecule has 1 aliphatic carbocycles. The lowest BCUT2D eigenvalue weighted by Gasteiger charge is -2.38. The van der Waals surface area contributed by atoms with Crippen molar-refractivity contribution in [2.24, 2.45) is 0 Å². The summed E-state index contributed by atoms with van der Waals surface area (Å²) in [6.45, 7) is 4.86. The Labute approximate surface area is 180 Å². The van der Waals surface area contributed by atoms with Crippen LogP contribution in [0.15, 0.2) is 24.7 Å². The number of ether oxygens (including phenoxy) is 2. The third-order valence-corrected chi connectivity index (χ3v) is 6.82. The van der Waals surface area contributed by atoms with Gasteiger partial charge in [0, 0.05) is 28.9 Å². The summed E-state index contributed by atoms with van der Waals surface area (Å²) < 4.78 is 14.7. The standard InChI is InChI=1S/C22H28N6O3/c1-22(12-31-13-22)25-21-23-8-20-18(15-7-24-27(9-15)16-10-30-11-16)6-19(28(20)26-21)14-2-4-17(29)5-3-14/h6-9,14,16-17,29H,2-5,10-13H2,1H3,(H,25,26). The third-order valence-electron chi connectivity index (χ3n) is 6.82. The third kappa shape index (κ3) is 3.40. The summed E-state index contributed by atoms with van der Waals surface area (Å²) in [6.07, 6.45) is 9.31. The molecule has 0 spiro atoms. The fourth-order valence-corrected chi connectivity index (χ4v) is 4.77. The first-order valence-electron chi connectivity index (χ1n) is 11.1. The first-order valence-corrected chi connectivity index (χ1v) is 11.1. The average Bonchev–Trinajstić information content (AvgIpc) is 3.31. The lowest BCUT2D eigenvalue weighted by atomic mass is 9.85. The number of fused-ring (bicyclic) bond motifs is 1. The molecule has 3 fully saturated rings. The molecule has 1 saturated carbocycles. The molecule has 2 aliphatic heterocycles. The van der Waals surface area contributed by atoms with E-state index in [4.69, 9.17) is 14.6 Å². The van der Waals surface area contributed by atoms with Gasteiger partial charge < -0.3 is 19.9 Å². The van der Waals surface area contributed by atoms with Gasteiger partial charge in [0.05, 0.1) is 62.0 Å². The molecule has 6 rings (SSSR count). The van der Waals surface area contributed by atoms with Crippen LogP contribution in [0.4, 0.5) is 5.95 Å². The number of hydrogen-bond donors (Lipinski definition) is 2. The van der Waals surface area contributed by atoms with E-state index in [0.717, 1.165) is 42.3 Å². The second-order valence-electron chi connectivity index (χ2n) is 9.45. The van der Waals surface area contributed by atoms with Crippen molar-refractivity contribution >= 4 is 11.5 Å². The Hall–Kier alpha value is -2.49. The number of aliphatic hydroxyl groups is 1. The van der Waals surface area contributed by atoms with Crippen molar-refractivity contribution in [2.75, 3.05) is 31.7 Å². The largest absolute Gasteiger partial charge is 0.393 e. The second-order valence-corrected chi connectivity index (χ2v) is 9.45. The molecular weight excluding hydrogens is 396 g/mol. The van der Waals surface area contributed by atoms with Crippen molar-refractivity contribution in [2.45, 2.75) is 56.2 Å². The van der Waals surface area contributed by atoms with Gasteiger partial charge in [-0.2, -0.15) is 5.10 Å². The minimum absolute atomic E-state index is 0.120. The van der Waals surface area contributed by atoms with Crippen molar-refractivity contribution in [3.8, 4) is 11.1 Å². The molecule has 3 aromatic heterocycles. The molecule has 0 bridgehead atoms. The number of rotatable bonds is 5. The molecule has 164 valence electrons. The van der Waals surface area contributed by atoms with E-state index in [1.165, 1.54) is 5.69 Å². The maximum Gasteiger partial charge on any atom is 0.241 e. The van der Waals surface area contributed by atoms with Crippen molar-refractivity contribution in [3.63, 3.8) is 0 Å². The molecule has 9 nitrogen and oxygen atoms in total. The number of anilines is 1. The van der Waals surface area contributed by atoms with Gasteiger partial charge in [0.15, 0.2) is 0 Å². The Kier molecular flexibility index (Phi) is 4.52. The predicted octanol–water partition coefficient (Wildman–Crippen LogP) is 2.38. The fraction of sp³-hybridized carbons (Fsp3) is 0.591. The summed E-state index contributed by atoms with van der Waals surface area (Å²) in [5.41, 5.74) is 4.20. The fourth-order valence-electron chi connectivity index (χ4n) is 4.77. The van der Waals surface area contributed by atoms with E-state index >= 15 is 0 Å². The normalized spacial score (nSPS) is 25.9. The van der Waals surface area contributed by atoms with Crippen LogP contribution in [-0.4, -0.2) is 67.6 Å². The highest BCUT2D eigenvalue weighted by Crippen LogP contribution is 2.38. The predicted molar refractivity (Wildman–Crippen MR) is 114 cm³/mol. The van der Waals surface area contributed by atoms with Crippen molar-refractivity contribution < 1.29 is 14.6 Å². The monoisotopic (exact) mass is 424 g/mol. The van der Waals surface area contributed by atoms with E-state index in [2.05, 4.69) is 34.6 Å². The molecule has 0 atom stereocenters. The van der Waals surface area contributed by atoms with Crippen LogP contribution in [0, 0.1) is 0 Å².